The smallest absolute Gasteiger partial charge is 0.123 e. The topological polar surface area (TPSA) is 29.1 Å². The second-order valence-electron chi connectivity index (χ2n) is 3.24. The van der Waals surface area contributed by atoms with Crippen LogP contribution in [0.5, 0.6) is 5.75 Å². The van der Waals surface area contributed by atoms with Crippen molar-refractivity contribution in [2.75, 3.05) is 7.11 Å². The van der Waals surface area contributed by atoms with Crippen molar-refractivity contribution in [1.29, 1.82) is 0 Å². The molecule has 2 nitrogen and oxygen atoms in total. The van der Waals surface area contributed by atoms with E-state index in [2.05, 4.69) is 0 Å². The summed E-state index contributed by atoms with van der Waals surface area (Å²) < 4.78 is 5.01. The number of benzene rings is 1. The minimum absolute atomic E-state index is 0.733. The van der Waals surface area contributed by atoms with Crippen molar-refractivity contribution in [2.24, 2.45) is 0 Å². The van der Waals surface area contributed by atoms with Crippen LogP contribution in [0.15, 0.2) is 24.3 Å². The van der Waals surface area contributed by atoms with E-state index in [0.29, 0.717) is 0 Å². The molecule has 1 aromatic rings. The van der Waals surface area contributed by atoms with Gasteiger partial charge in [-0.15, -0.1) is 0 Å². The summed E-state index contributed by atoms with van der Waals surface area (Å²) in [5.41, 5.74) is -0.295. The van der Waals surface area contributed by atoms with Crippen LogP contribution in [0.2, 0.25) is 0 Å². The van der Waals surface area contributed by atoms with Crippen LogP contribution in [0.25, 0.3) is 0 Å². The third kappa shape index (κ3) is 1.98. The Morgan fingerprint density at radius 2 is 2.00 bits per heavy atom. The van der Waals surface area contributed by atoms with Crippen LogP contribution >= 0.6 is 0 Å². The average Bonchev–Trinajstić information content (AvgIpc) is 2.03. The zero-order chi connectivity index (χ0) is 9.19. The van der Waals surface area contributed by atoms with Crippen LogP contribution in [0.3, 0.4) is 0 Å². The van der Waals surface area contributed by atoms with E-state index in [1.807, 2.05) is 18.2 Å². The highest BCUT2D eigenvalue weighted by atomic mass is 16.5. The zero-order valence-electron chi connectivity index (χ0n) is 7.63. The Labute approximate surface area is 72.8 Å². The Hall–Kier alpha value is -1.02. The van der Waals surface area contributed by atoms with E-state index >= 15 is 0 Å². The van der Waals surface area contributed by atoms with Crippen molar-refractivity contribution in [2.45, 2.75) is 19.4 Å². The van der Waals surface area contributed by atoms with Crippen molar-refractivity contribution in [3.63, 3.8) is 0 Å². The van der Waals surface area contributed by atoms with Gasteiger partial charge in [0.1, 0.15) is 11.4 Å². The highest BCUT2D eigenvalue weighted by Gasteiger charge is 2.18. The molecule has 12 heavy (non-hydrogen) atoms. The lowest BCUT2D eigenvalue weighted by atomic mass is 9.98. The molecule has 1 rings (SSSR count). The summed E-state index contributed by atoms with van der Waals surface area (Å²) >= 11 is 0. The van der Waals surface area contributed by atoms with E-state index in [9.17, 15) is 5.11 Å². The summed E-state index contributed by atoms with van der Waals surface area (Å²) in [7, 11) is 1.59. The molecule has 0 atom stereocenters. The van der Waals surface area contributed by atoms with Gasteiger partial charge in [-0.3, -0.25) is 0 Å². The summed E-state index contributed by atoms with van der Waals surface area (Å²) in [5.74, 6) is 0.733. The first kappa shape index (κ1) is 9.07. The molecule has 1 aromatic carbocycles. The SMILES string of the molecule is COc1cccc(C(C)(C)[O])c1. The Morgan fingerprint density at radius 1 is 1.33 bits per heavy atom. The summed E-state index contributed by atoms with van der Waals surface area (Å²) in [6.45, 7) is 3.28. The van der Waals surface area contributed by atoms with E-state index in [0.717, 1.165) is 11.3 Å². The van der Waals surface area contributed by atoms with Gasteiger partial charge in [-0.2, -0.15) is 0 Å². The second-order valence-corrected chi connectivity index (χ2v) is 3.24. The normalized spacial score (nSPS) is 11.3. The van der Waals surface area contributed by atoms with Crippen molar-refractivity contribution in [3.8, 4) is 5.75 Å². The Kier molecular flexibility index (Phi) is 2.38. The van der Waals surface area contributed by atoms with Crippen molar-refractivity contribution < 1.29 is 9.84 Å². The molecule has 0 aromatic heterocycles. The van der Waals surface area contributed by atoms with Gasteiger partial charge < -0.3 is 4.74 Å². The molecular weight excluding hydrogens is 152 g/mol. The van der Waals surface area contributed by atoms with Crippen LogP contribution in [0, 0.1) is 0 Å². The molecule has 0 saturated carbocycles. The molecule has 1 radical (unpaired) electrons. The molecule has 0 saturated heterocycles. The van der Waals surface area contributed by atoms with Gasteiger partial charge in [0, 0.05) is 0 Å². The quantitative estimate of drug-likeness (QED) is 0.661. The third-order valence-electron chi connectivity index (χ3n) is 1.76. The Morgan fingerprint density at radius 3 is 2.50 bits per heavy atom. The lowest BCUT2D eigenvalue weighted by Crippen LogP contribution is -2.13. The molecule has 0 fully saturated rings. The fraction of sp³-hybridized carbons (Fsp3) is 0.400. The largest absolute Gasteiger partial charge is 0.497 e. The maximum atomic E-state index is 11.5. The van der Waals surface area contributed by atoms with Crippen LogP contribution in [0.4, 0.5) is 0 Å². The van der Waals surface area contributed by atoms with E-state index in [1.165, 1.54) is 0 Å². The maximum Gasteiger partial charge on any atom is 0.123 e. The van der Waals surface area contributed by atoms with Crippen LogP contribution in [-0.4, -0.2) is 7.11 Å². The van der Waals surface area contributed by atoms with E-state index < -0.39 is 5.60 Å². The Balaban J connectivity index is 3.02. The molecule has 0 bridgehead atoms. The average molecular weight is 165 g/mol. The zero-order valence-corrected chi connectivity index (χ0v) is 7.63. The van der Waals surface area contributed by atoms with Gasteiger partial charge in [0.05, 0.1) is 7.11 Å². The molecule has 2 heteroatoms. The number of ether oxygens (including phenoxy) is 1. The molecule has 0 aliphatic heterocycles. The molecule has 0 unspecified atom stereocenters. The van der Waals surface area contributed by atoms with Crippen LogP contribution in [0.1, 0.15) is 19.4 Å². The molecule has 0 aliphatic carbocycles. The highest BCUT2D eigenvalue weighted by molar-refractivity contribution is 5.31. The fourth-order valence-corrected chi connectivity index (χ4v) is 0.998. The van der Waals surface area contributed by atoms with E-state index in [4.69, 9.17) is 4.74 Å². The highest BCUT2D eigenvalue weighted by Crippen LogP contribution is 2.23. The van der Waals surface area contributed by atoms with Crippen LogP contribution < -0.4 is 4.74 Å². The summed E-state index contributed by atoms with van der Waals surface area (Å²) in [5, 5.41) is 11.5. The van der Waals surface area contributed by atoms with Gasteiger partial charge in [0.2, 0.25) is 0 Å². The van der Waals surface area contributed by atoms with Crippen molar-refractivity contribution in [1.82, 2.24) is 0 Å². The number of hydrogen-bond acceptors (Lipinski definition) is 1. The maximum absolute atomic E-state index is 11.5. The first-order chi connectivity index (χ1) is 5.54. The lowest BCUT2D eigenvalue weighted by Gasteiger charge is -2.15. The van der Waals surface area contributed by atoms with Gasteiger partial charge in [0.15, 0.2) is 0 Å². The predicted molar refractivity (Wildman–Crippen MR) is 46.7 cm³/mol. The van der Waals surface area contributed by atoms with Crippen molar-refractivity contribution in [3.05, 3.63) is 29.8 Å². The summed E-state index contributed by atoms with van der Waals surface area (Å²) in [4.78, 5) is 0. The molecule has 65 valence electrons. The molecular formula is C10H13O2. The number of rotatable bonds is 2. The lowest BCUT2D eigenvalue weighted by molar-refractivity contribution is -0.000259. The number of methoxy groups -OCH3 is 1. The van der Waals surface area contributed by atoms with Gasteiger partial charge in [-0.05, 0) is 31.5 Å². The minimum Gasteiger partial charge on any atom is -0.497 e. The van der Waals surface area contributed by atoms with Gasteiger partial charge in [-0.1, -0.05) is 12.1 Å². The van der Waals surface area contributed by atoms with Gasteiger partial charge >= 0.3 is 0 Å². The molecule has 0 spiro atoms. The number of hydrogen-bond donors (Lipinski definition) is 0. The first-order valence-corrected chi connectivity index (χ1v) is 3.89. The molecule has 0 amide bonds. The van der Waals surface area contributed by atoms with Crippen molar-refractivity contribution >= 4 is 0 Å². The fourth-order valence-electron chi connectivity index (χ4n) is 0.998. The van der Waals surface area contributed by atoms with E-state index in [-0.39, 0.29) is 0 Å². The standard InChI is InChI=1S/C10H13O2/c1-10(2,11)8-5-4-6-9(7-8)12-3/h4-7H,1-3H3. The molecule has 0 heterocycles. The monoisotopic (exact) mass is 165 g/mol. The van der Waals surface area contributed by atoms with Gasteiger partial charge in [0.25, 0.3) is 0 Å². The van der Waals surface area contributed by atoms with E-state index in [1.54, 1.807) is 27.0 Å². The first-order valence-electron chi connectivity index (χ1n) is 3.89. The summed E-state index contributed by atoms with van der Waals surface area (Å²) in [6.07, 6.45) is 0. The van der Waals surface area contributed by atoms with Gasteiger partial charge in [-0.25, -0.2) is 5.11 Å². The summed E-state index contributed by atoms with van der Waals surface area (Å²) in [6, 6.07) is 7.24. The minimum atomic E-state index is -1.05. The second kappa shape index (κ2) is 3.15. The third-order valence-corrected chi connectivity index (χ3v) is 1.76. The Bertz CT molecular complexity index is 261. The molecule has 0 aliphatic rings. The van der Waals surface area contributed by atoms with Crippen LogP contribution in [-0.2, 0) is 10.7 Å². The predicted octanol–water partition coefficient (Wildman–Crippen LogP) is 2.36. The molecule has 0 N–H and O–H groups in total.